The summed E-state index contributed by atoms with van der Waals surface area (Å²) in [6, 6.07) is 25.0. The van der Waals surface area contributed by atoms with Crippen LogP contribution >= 0.6 is 0 Å². The first-order valence-electron chi connectivity index (χ1n) is 9.76. The van der Waals surface area contributed by atoms with Crippen LogP contribution in [-0.4, -0.2) is 15.5 Å². The van der Waals surface area contributed by atoms with Gasteiger partial charge in [-0.25, -0.2) is 9.37 Å². The molecule has 1 atom stereocenters. The third-order valence-corrected chi connectivity index (χ3v) is 5.13. The monoisotopic (exact) mass is 399 g/mol. The summed E-state index contributed by atoms with van der Waals surface area (Å²) in [4.78, 5) is 18.0. The number of aryl methyl sites for hydroxylation is 1. The smallest absolute Gasteiger partial charge is 0.232 e. The molecule has 150 valence electrons. The highest BCUT2D eigenvalue weighted by atomic mass is 19.1. The minimum absolute atomic E-state index is 0.148. The van der Waals surface area contributed by atoms with Crippen molar-refractivity contribution in [2.45, 2.75) is 12.0 Å². The van der Waals surface area contributed by atoms with E-state index in [-0.39, 0.29) is 11.7 Å². The van der Waals surface area contributed by atoms with Gasteiger partial charge in [0.15, 0.2) is 0 Å². The largest absolute Gasteiger partial charge is 0.341 e. The predicted molar refractivity (Wildman–Crippen MR) is 114 cm³/mol. The summed E-state index contributed by atoms with van der Waals surface area (Å²) in [5.74, 6) is -0.273. The number of rotatable bonds is 6. The Morgan fingerprint density at radius 2 is 1.43 bits per heavy atom. The van der Waals surface area contributed by atoms with Crippen LogP contribution in [0.4, 0.5) is 4.39 Å². The SMILES string of the molecule is Cn1ccnc1C(NC(=O)C(c1ccccc1)c1ccccc1)c1ccc(F)cc1. The van der Waals surface area contributed by atoms with Gasteiger partial charge in [0.1, 0.15) is 17.7 Å². The molecule has 0 fully saturated rings. The normalized spacial score (nSPS) is 12.0. The van der Waals surface area contributed by atoms with Crippen LogP contribution in [0.1, 0.15) is 34.5 Å². The second-order valence-electron chi connectivity index (χ2n) is 7.14. The number of nitrogens with one attached hydrogen (secondary N) is 1. The van der Waals surface area contributed by atoms with E-state index in [0.717, 1.165) is 16.7 Å². The number of halogens is 1. The van der Waals surface area contributed by atoms with Crippen LogP contribution in [0.3, 0.4) is 0 Å². The van der Waals surface area contributed by atoms with Gasteiger partial charge >= 0.3 is 0 Å². The molecule has 0 aliphatic carbocycles. The van der Waals surface area contributed by atoms with Crippen LogP contribution < -0.4 is 5.32 Å². The lowest BCUT2D eigenvalue weighted by molar-refractivity contribution is -0.122. The number of aromatic nitrogens is 2. The molecule has 0 bridgehead atoms. The predicted octanol–water partition coefficient (Wildman–Crippen LogP) is 4.60. The lowest BCUT2D eigenvalue weighted by atomic mass is 9.90. The second-order valence-corrected chi connectivity index (χ2v) is 7.14. The maximum Gasteiger partial charge on any atom is 0.232 e. The number of nitrogens with zero attached hydrogens (tertiary/aromatic N) is 2. The van der Waals surface area contributed by atoms with Gasteiger partial charge < -0.3 is 9.88 Å². The Kier molecular flexibility index (Phi) is 5.70. The molecule has 1 heterocycles. The number of carbonyl (C=O) groups is 1. The third-order valence-electron chi connectivity index (χ3n) is 5.13. The van der Waals surface area contributed by atoms with Gasteiger partial charge in [-0.05, 0) is 28.8 Å². The van der Waals surface area contributed by atoms with E-state index >= 15 is 0 Å². The summed E-state index contributed by atoms with van der Waals surface area (Å²) in [7, 11) is 1.87. The van der Waals surface area contributed by atoms with Gasteiger partial charge in [0, 0.05) is 19.4 Å². The molecule has 0 aliphatic rings. The minimum Gasteiger partial charge on any atom is -0.341 e. The molecule has 1 aromatic heterocycles. The number of imidazole rings is 1. The molecule has 4 nitrogen and oxygen atoms in total. The van der Waals surface area contributed by atoms with Crippen molar-refractivity contribution in [3.8, 4) is 0 Å². The first-order valence-corrected chi connectivity index (χ1v) is 9.76. The minimum atomic E-state index is -0.506. The summed E-state index contributed by atoms with van der Waals surface area (Å²) >= 11 is 0. The van der Waals surface area contributed by atoms with Crippen LogP contribution in [0, 0.1) is 5.82 Å². The van der Waals surface area contributed by atoms with Gasteiger partial charge in [-0.15, -0.1) is 0 Å². The lowest BCUT2D eigenvalue weighted by Crippen LogP contribution is -2.35. The summed E-state index contributed by atoms with van der Waals surface area (Å²) in [5, 5.41) is 3.15. The molecule has 0 saturated heterocycles. The summed E-state index contributed by atoms with van der Waals surface area (Å²) in [5.41, 5.74) is 2.57. The van der Waals surface area contributed by atoms with Gasteiger partial charge in [-0.2, -0.15) is 0 Å². The van der Waals surface area contributed by atoms with E-state index in [1.165, 1.54) is 12.1 Å². The maximum atomic E-state index is 13.6. The topological polar surface area (TPSA) is 46.9 Å². The van der Waals surface area contributed by atoms with E-state index < -0.39 is 12.0 Å². The summed E-state index contributed by atoms with van der Waals surface area (Å²) < 4.78 is 15.4. The van der Waals surface area contributed by atoms with Crippen molar-refractivity contribution in [1.29, 1.82) is 0 Å². The van der Waals surface area contributed by atoms with Gasteiger partial charge in [0.25, 0.3) is 0 Å². The molecule has 3 aromatic carbocycles. The third kappa shape index (κ3) is 4.15. The molecule has 0 spiro atoms. The lowest BCUT2D eigenvalue weighted by Gasteiger charge is -2.24. The Morgan fingerprint density at radius 1 is 0.867 bits per heavy atom. The number of hydrogen-bond acceptors (Lipinski definition) is 2. The fourth-order valence-corrected chi connectivity index (χ4v) is 3.62. The van der Waals surface area contributed by atoms with Crippen molar-refractivity contribution in [3.05, 3.63) is 126 Å². The molecule has 5 heteroatoms. The van der Waals surface area contributed by atoms with Crippen LogP contribution in [0.5, 0.6) is 0 Å². The zero-order valence-electron chi connectivity index (χ0n) is 16.6. The first kappa shape index (κ1) is 19.6. The van der Waals surface area contributed by atoms with Crippen molar-refractivity contribution >= 4 is 5.91 Å². The highest BCUT2D eigenvalue weighted by Gasteiger charge is 2.27. The average molecular weight is 399 g/mol. The average Bonchev–Trinajstić information content (AvgIpc) is 3.20. The molecular formula is C25H22FN3O. The molecule has 0 aliphatic heterocycles. The van der Waals surface area contributed by atoms with E-state index in [0.29, 0.717) is 5.82 Å². The van der Waals surface area contributed by atoms with Crippen LogP contribution in [0.15, 0.2) is 97.3 Å². The van der Waals surface area contributed by atoms with Crippen molar-refractivity contribution < 1.29 is 9.18 Å². The Labute approximate surface area is 175 Å². The molecule has 0 radical (unpaired) electrons. The maximum absolute atomic E-state index is 13.6. The number of carbonyl (C=O) groups excluding carboxylic acids is 1. The van der Waals surface area contributed by atoms with E-state index in [1.54, 1.807) is 18.3 Å². The molecule has 4 rings (SSSR count). The fraction of sp³-hybridized carbons (Fsp3) is 0.120. The standard InChI is InChI=1S/C25H22FN3O/c1-29-17-16-27-24(29)23(20-12-14-21(26)15-13-20)28-25(30)22(18-8-4-2-5-9-18)19-10-6-3-7-11-19/h2-17,22-23H,1H3,(H,28,30). The molecular weight excluding hydrogens is 377 g/mol. The Bertz CT molecular complexity index is 1070. The zero-order chi connectivity index (χ0) is 20.9. The summed E-state index contributed by atoms with van der Waals surface area (Å²) in [6.45, 7) is 0. The molecule has 0 saturated carbocycles. The number of hydrogen-bond donors (Lipinski definition) is 1. The zero-order valence-corrected chi connectivity index (χ0v) is 16.6. The molecule has 4 aromatic rings. The summed E-state index contributed by atoms with van der Waals surface area (Å²) in [6.07, 6.45) is 3.51. The Balaban J connectivity index is 1.73. The van der Waals surface area contributed by atoms with Gasteiger partial charge in [-0.1, -0.05) is 72.8 Å². The van der Waals surface area contributed by atoms with Crippen LogP contribution in [0.25, 0.3) is 0 Å². The molecule has 30 heavy (non-hydrogen) atoms. The van der Waals surface area contributed by atoms with Crippen molar-refractivity contribution in [3.63, 3.8) is 0 Å². The molecule has 1 unspecified atom stereocenters. The number of benzene rings is 3. The van der Waals surface area contributed by atoms with Crippen molar-refractivity contribution in [2.24, 2.45) is 7.05 Å². The highest BCUT2D eigenvalue weighted by molar-refractivity contribution is 5.87. The molecule has 1 amide bonds. The van der Waals surface area contributed by atoms with E-state index in [1.807, 2.05) is 78.5 Å². The van der Waals surface area contributed by atoms with Crippen molar-refractivity contribution in [2.75, 3.05) is 0 Å². The molecule has 1 N–H and O–H groups in total. The fourth-order valence-electron chi connectivity index (χ4n) is 3.62. The Hall–Kier alpha value is -3.73. The quantitative estimate of drug-likeness (QED) is 0.515. The van der Waals surface area contributed by atoms with Crippen LogP contribution in [-0.2, 0) is 11.8 Å². The van der Waals surface area contributed by atoms with Crippen molar-refractivity contribution in [1.82, 2.24) is 14.9 Å². The highest BCUT2D eigenvalue weighted by Crippen LogP contribution is 2.28. The van der Waals surface area contributed by atoms with Gasteiger partial charge in [0.05, 0.1) is 5.92 Å². The first-order chi connectivity index (χ1) is 14.6. The van der Waals surface area contributed by atoms with Crippen LogP contribution in [0.2, 0.25) is 0 Å². The van der Waals surface area contributed by atoms with E-state index in [2.05, 4.69) is 10.3 Å². The number of amides is 1. The van der Waals surface area contributed by atoms with Gasteiger partial charge in [0.2, 0.25) is 5.91 Å². The second kappa shape index (κ2) is 8.74. The van der Waals surface area contributed by atoms with E-state index in [4.69, 9.17) is 0 Å². The Morgan fingerprint density at radius 3 is 1.93 bits per heavy atom. The van der Waals surface area contributed by atoms with Gasteiger partial charge in [-0.3, -0.25) is 4.79 Å². The van der Waals surface area contributed by atoms with E-state index in [9.17, 15) is 9.18 Å².